The molecule has 0 spiro atoms. The number of hydrogen-bond acceptors (Lipinski definition) is 5. The van der Waals surface area contributed by atoms with E-state index in [4.69, 9.17) is 27.2 Å². The Hall–Kier alpha value is -1.32. The van der Waals surface area contributed by atoms with Crippen molar-refractivity contribution in [1.29, 1.82) is 0 Å². The lowest BCUT2D eigenvalue weighted by Gasteiger charge is -2.19. The van der Waals surface area contributed by atoms with Crippen LogP contribution in [0.3, 0.4) is 0 Å². The first kappa shape index (κ1) is 17.7. The summed E-state index contributed by atoms with van der Waals surface area (Å²) < 4.78 is 0. The summed E-state index contributed by atoms with van der Waals surface area (Å²) in [5.41, 5.74) is 16.0. The van der Waals surface area contributed by atoms with Crippen molar-refractivity contribution in [2.24, 2.45) is 22.2 Å². The Morgan fingerprint density at radius 3 is 2.47 bits per heavy atom. The van der Waals surface area contributed by atoms with Crippen molar-refractivity contribution in [3.63, 3.8) is 0 Å². The fourth-order valence-electron chi connectivity index (χ4n) is 1.55. The van der Waals surface area contributed by atoms with Crippen molar-refractivity contribution in [3.8, 4) is 0 Å². The normalized spacial score (nSPS) is 13.5. The van der Waals surface area contributed by atoms with Crippen molar-refractivity contribution < 1.29 is 14.8 Å². The Balaban J connectivity index is 4.07. The van der Waals surface area contributed by atoms with Crippen LogP contribution in [0, 0.1) is 0 Å². The molecule has 0 radical (unpaired) electrons. The minimum Gasteiger partial charge on any atom is -0.426 e. The molecule has 9 N–H and O–H groups in total. The van der Waals surface area contributed by atoms with Crippen LogP contribution in [0.15, 0.2) is 4.99 Å². The number of nitrogens with zero attached hydrogens (tertiary/aromatic N) is 1. The lowest BCUT2D eigenvalue weighted by Crippen LogP contribution is -2.51. The molecule has 0 aromatic heterocycles. The molecule has 0 aliphatic rings. The average molecular weight is 273 g/mol. The maximum atomic E-state index is 11.7. The molecule has 0 heterocycles. The van der Waals surface area contributed by atoms with Crippen LogP contribution in [0.5, 0.6) is 0 Å². The third-order valence-corrected chi connectivity index (χ3v) is 2.59. The van der Waals surface area contributed by atoms with Gasteiger partial charge in [-0.2, -0.15) is 0 Å². The molecule has 0 unspecified atom stereocenters. The van der Waals surface area contributed by atoms with E-state index < -0.39 is 25.0 Å². The number of guanidine groups is 1. The molecule has 9 heteroatoms. The minimum atomic E-state index is -1.59. The molecular formula is C10H24BN5O3. The largest absolute Gasteiger partial charge is 0.475 e. The monoisotopic (exact) mass is 273 g/mol. The summed E-state index contributed by atoms with van der Waals surface area (Å²) in [6.45, 7) is 2.29. The third-order valence-electron chi connectivity index (χ3n) is 2.59. The van der Waals surface area contributed by atoms with Gasteiger partial charge < -0.3 is 32.6 Å². The highest BCUT2D eigenvalue weighted by molar-refractivity contribution is 6.43. The Bertz CT molecular complexity index is 297. The number of carbonyl (C=O) groups excluding carboxylic acids is 1. The predicted molar refractivity (Wildman–Crippen MR) is 74.9 cm³/mol. The van der Waals surface area contributed by atoms with E-state index in [9.17, 15) is 4.79 Å². The van der Waals surface area contributed by atoms with Gasteiger partial charge in [-0.25, -0.2) is 0 Å². The van der Waals surface area contributed by atoms with E-state index in [0.29, 0.717) is 25.8 Å². The van der Waals surface area contributed by atoms with Gasteiger partial charge in [0.25, 0.3) is 0 Å². The molecule has 1 amide bonds. The number of rotatable bonds is 9. The molecule has 0 aromatic rings. The van der Waals surface area contributed by atoms with Crippen molar-refractivity contribution in [3.05, 3.63) is 0 Å². The maximum Gasteiger partial charge on any atom is 0.475 e. The molecule has 2 atom stereocenters. The van der Waals surface area contributed by atoms with Crippen LogP contribution in [-0.2, 0) is 4.79 Å². The summed E-state index contributed by atoms with van der Waals surface area (Å²) in [5.74, 6) is -1.10. The van der Waals surface area contributed by atoms with Gasteiger partial charge in [0.05, 0.1) is 12.0 Å². The number of nitrogens with one attached hydrogen (secondary N) is 1. The molecule has 0 aromatic carbocycles. The first-order valence-electron chi connectivity index (χ1n) is 6.36. The van der Waals surface area contributed by atoms with Crippen molar-refractivity contribution >= 4 is 19.0 Å². The van der Waals surface area contributed by atoms with Crippen LogP contribution in [0.25, 0.3) is 0 Å². The lowest BCUT2D eigenvalue weighted by atomic mass is 9.76. The summed E-state index contributed by atoms with van der Waals surface area (Å²) in [6.07, 6.45) is 2.20. The zero-order valence-electron chi connectivity index (χ0n) is 11.2. The second-order valence-electron chi connectivity index (χ2n) is 4.37. The summed E-state index contributed by atoms with van der Waals surface area (Å²) in [4.78, 5) is 15.5. The van der Waals surface area contributed by atoms with Gasteiger partial charge >= 0.3 is 7.12 Å². The van der Waals surface area contributed by atoms with Gasteiger partial charge in [-0.05, 0) is 19.3 Å². The van der Waals surface area contributed by atoms with Crippen LogP contribution in [-0.4, -0.2) is 47.6 Å². The van der Waals surface area contributed by atoms with Crippen LogP contribution in [0.2, 0.25) is 0 Å². The standard InChI is InChI=1S/C10H24BN5O3/c1-2-4-8(11(18)19)16-9(17)7(12)5-3-6-15-10(13)14/h7-8,18-19H,2-6,12H2,1H3,(H,16,17)(H4,13,14,15)/t7-,8-/m0/s1. The third kappa shape index (κ3) is 8.41. The number of aliphatic imine (C=N–C) groups is 1. The average Bonchev–Trinajstić information content (AvgIpc) is 2.33. The van der Waals surface area contributed by atoms with Crippen molar-refractivity contribution in [2.45, 2.75) is 44.6 Å². The fourth-order valence-corrected chi connectivity index (χ4v) is 1.55. The highest BCUT2D eigenvalue weighted by Crippen LogP contribution is 2.01. The minimum absolute atomic E-state index is 0.00411. The van der Waals surface area contributed by atoms with E-state index in [1.807, 2.05) is 6.92 Å². The fraction of sp³-hybridized carbons (Fsp3) is 0.800. The molecular weight excluding hydrogens is 249 g/mol. The first-order chi connectivity index (χ1) is 8.88. The first-order valence-corrected chi connectivity index (χ1v) is 6.36. The van der Waals surface area contributed by atoms with Crippen molar-refractivity contribution in [1.82, 2.24) is 5.32 Å². The molecule has 0 fully saturated rings. The van der Waals surface area contributed by atoms with Crippen LogP contribution >= 0.6 is 0 Å². The van der Waals surface area contributed by atoms with Crippen molar-refractivity contribution in [2.75, 3.05) is 6.54 Å². The zero-order chi connectivity index (χ0) is 14.8. The van der Waals surface area contributed by atoms with Gasteiger partial charge in [0.2, 0.25) is 5.91 Å². The zero-order valence-corrected chi connectivity index (χ0v) is 11.2. The summed E-state index contributed by atoms with van der Waals surface area (Å²) in [7, 11) is -1.59. The summed E-state index contributed by atoms with van der Waals surface area (Å²) >= 11 is 0. The SMILES string of the molecule is CCC[C@H](NC(=O)[C@@H](N)CCCN=C(N)N)B(O)O. The molecule has 0 saturated carbocycles. The van der Waals surface area contributed by atoms with E-state index in [1.165, 1.54) is 0 Å². The highest BCUT2D eigenvalue weighted by atomic mass is 16.4. The van der Waals surface area contributed by atoms with Crippen LogP contribution in [0.1, 0.15) is 32.6 Å². The number of hydrogen-bond donors (Lipinski definition) is 6. The Morgan fingerprint density at radius 1 is 1.37 bits per heavy atom. The highest BCUT2D eigenvalue weighted by Gasteiger charge is 2.26. The smallest absolute Gasteiger partial charge is 0.426 e. The maximum absolute atomic E-state index is 11.7. The molecule has 0 bridgehead atoms. The van der Waals surface area contributed by atoms with Gasteiger partial charge in [0.15, 0.2) is 5.96 Å². The molecule has 19 heavy (non-hydrogen) atoms. The van der Waals surface area contributed by atoms with E-state index in [0.717, 1.165) is 6.42 Å². The number of nitrogens with two attached hydrogens (primary N) is 3. The van der Waals surface area contributed by atoms with Gasteiger partial charge in [-0.1, -0.05) is 13.3 Å². The van der Waals surface area contributed by atoms with E-state index >= 15 is 0 Å². The molecule has 0 aliphatic carbocycles. The van der Waals surface area contributed by atoms with Gasteiger partial charge in [0, 0.05) is 6.54 Å². The second-order valence-corrected chi connectivity index (χ2v) is 4.37. The predicted octanol–water partition coefficient (Wildman–Crippen LogP) is -2.34. The Labute approximate surface area is 113 Å². The van der Waals surface area contributed by atoms with E-state index in [2.05, 4.69) is 10.3 Å². The van der Waals surface area contributed by atoms with E-state index in [1.54, 1.807) is 0 Å². The summed E-state index contributed by atoms with van der Waals surface area (Å²) in [5, 5.41) is 20.7. The van der Waals surface area contributed by atoms with Gasteiger partial charge in [-0.3, -0.25) is 9.79 Å². The topological polar surface area (TPSA) is 160 Å². The Kier molecular flexibility index (Phi) is 8.93. The number of amides is 1. The summed E-state index contributed by atoms with van der Waals surface area (Å²) in [6, 6.07) is -0.715. The molecule has 110 valence electrons. The molecule has 0 aliphatic heterocycles. The van der Waals surface area contributed by atoms with E-state index in [-0.39, 0.29) is 5.96 Å². The number of carbonyl (C=O) groups is 1. The van der Waals surface area contributed by atoms with Crippen LogP contribution < -0.4 is 22.5 Å². The quantitative estimate of drug-likeness (QED) is 0.119. The Morgan fingerprint density at radius 2 is 2.00 bits per heavy atom. The van der Waals surface area contributed by atoms with Gasteiger partial charge in [0.1, 0.15) is 0 Å². The van der Waals surface area contributed by atoms with Gasteiger partial charge in [-0.15, -0.1) is 0 Å². The molecule has 0 rings (SSSR count). The second kappa shape index (κ2) is 9.59. The lowest BCUT2D eigenvalue weighted by molar-refractivity contribution is -0.122. The van der Waals surface area contributed by atoms with Crippen LogP contribution in [0.4, 0.5) is 0 Å². The molecule has 0 saturated heterocycles. The molecule has 8 nitrogen and oxygen atoms in total.